The summed E-state index contributed by atoms with van der Waals surface area (Å²) in [5.74, 6) is -0.00825. The highest BCUT2D eigenvalue weighted by Gasteiger charge is 2.18. The van der Waals surface area contributed by atoms with Crippen LogP contribution in [0, 0.1) is 20.8 Å². The minimum atomic E-state index is -0.634. The SMILES string of the molecule is COc1ccc(OC)c(C(=O)OCC(=O)c2cc(C)c(C)cc2C)c1. The highest BCUT2D eigenvalue weighted by atomic mass is 16.5. The summed E-state index contributed by atoms with van der Waals surface area (Å²) in [4.78, 5) is 24.7. The first-order valence-electron chi connectivity index (χ1n) is 7.87. The molecule has 0 saturated heterocycles. The predicted molar refractivity (Wildman–Crippen MR) is 94.8 cm³/mol. The van der Waals surface area contributed by atoms with Crippen molar-refractivity contribution in [1.29, 1.82) is 0 Å². The number of hydrogen-bond donors (Lipinski definition) is 0. The number of carbonyl (C=O) groups is 2. The summed E-state index contributed by atoms with van der Waals surface area (Å²) < 4.78 is 15.5. The number of rotatable bonds is 6. The van der Waals surface area contributed by atoms with Crippen molar-refractivity contribution in [2.24, 2.45) is 0 Å². The van der Waals surface area contributed by atoms with Gasteiger partial charge in [0.15, 0.2) is 6.61 Å². The van der Waals surface area contributed by atoms with Crippen molar-refractivity contribution >= 4 is 11.8 Å². The summed E-state index contributed by atoms with van der Waals surface area (Å²) in [5, 5.41) is 0. The van der Waals surface area contributed by atoms with Crippen LogP contribution < -0.4 is 9.47 Å². The van der Waals surface area contributed by atoms with Crippen LogP contribution in [-0.2, 0) is 4.74 Å². The first kappa shape index (κ1) is 18.5. The van der Waals surface area contributed by atoms with E-state index in [1.54, 1.807) is 12.1 Å². The molecule has 2 rings (SSSR count). The minimum Gasteiger partial charge on any atom is -0.497 e. The van der Waals surface area contributed by atoms with Crippen molar-refractivity contribution in [2.75, 3.05) is 20.8 Å². The van der Waals surface area contributed by atoms with Crippen LogP contribution in [0.1, 0.15) is 37.4 Å². The molecule has 0 radical (unpaired) electrons. The molecule has 0 atom stereocenters. The maximum Gasteiger partial charge on any atom is 0.342 e. The third kappa shape index (κ3) is 4.18. The third-order valence-corrected chi connectivity index (χ3v) is 4.10. The van der Waals surface area contributed by atoms with Gasteiger partial charge in [0.25, 0.3) is 0 Å². The molecule has 132 valence electrons. The van der Waals surface area contributed by atoms with Gasteiger partial charge in [0.05, 0.1) is 14.2 Å². The fraction of sp³-hybridized carbons (Fsp3) is 0.300. The molecule has 0 aliphatic carbocycles. The average Bonchev–Trinajstić information content (AvgIpc) is 2.61. The van der Waals surface area contributed by atoms with Crippen molar-refractivity contribution in [3.8, 4) is 11.5 Å². The quantitative estimate of drug-likeness (QED) is 0.592. The molecule has 0 unspecified atom stereocenters. The number of benzene rings is 2. The second kappa shape index (κ2) is 7.83. The molecule has 0 aliphatic heterocycles. The smallest absolute Gasteiger partial charge is 0.342 e. The molecule has 2 aromatic rings. The summed E-state index contributed by atoms with van der Waals surface area (Å²) in [7, 11) is 2.96. The molecule has 0 aliphatic rings. The van der Waals surface area contributed by atoms with Gasteiger partial charge in [0, 0.05) is 5.56 Å². The van der Waals surface area contributed by atoms with E-state index in [1.165, 1.54) is 20.3 Å². The highest BCUT2D eigenvalue weighted by Crippen LogP contribution is 2.25. The Bertz CT molecular complexity index is 808. The lowest BCUT2D eigenvalue weighted by atomic mass is 9.98. The molecule has 0 saturated carbocycles. The first-order chi connectivity index (χ1) is 11.9. The van der Waals surface area contributed by atoms with Crippen LogP contribution in [0.25, 0.3) is 0 Å². The van der Waals surface area contributed by atoms with E-state index >= 15 is 0 Å². The Hall–Kier alpha value is -2.82. The van der Waals surface area contributed by atoms with Crippen molar-refractivity contribution in [1.82, 2.24) is 0 Å². The van der Waals surface area contributed by atoms with Crippen molar-refractivity contribution in [2.45, 2.75) is 20.8 Å². The Morgan fingerprint density at radius 1 is 0.840 bits per heavy atom. The topological polar surface area (TPSA) is 61.8 Å². The molecule has 5 heteroatoms. The number of aryl methyl sites for hydroxylation is 3. The maximum absolute atomic E-state index is 12.4. The van der Waals surface area contributed by atoms with Gasteiger partial charge in [-0.1, -0.05) is 6.07 Å². The van der Waals surface area contributed by atoms with E-state index in [0.717, 1.165) is 16.7 Å². The molecule has 5 nitrogen and oxygen atoms in total. The largest absolute Gasteiger partial charge is 0.497 e. The van der Waals surface area contributed by atoms with E-state index in [4.69, 9.17) is 14.2 Å². The monoisotopic (exact) mass is 342 g/mol. The van der Waals surface area contributed by atoms with E-state index in [-0.39, 0.29) is 18.0 Å². The van der Waals surface area contributed by atoms with E-state index in [1.807, 2.05) is 32.9 Å². The lowest BCUT2D eigenvalue weighted by molar-refractivity contribution is 0.0471. The molecule has 0 heterocycles. The maximum atomic E-state index is 12.4. The van der Waals surface area contributed by atoms with Crippen LogP contribution in [0.3, 0.4) is 0 Å². The molecular weight excluding hydrogens is 320 g/mol. The summed E-state index contributed by atoms with van der Waals surface area (Å²) in [6, 6.07) is 8.60. The number of carbonyl (C=O) groups excluding carboxylic acids is 2. The third-order valence-electron chi connectivity index (χ3n) is 4.10. The second-order valence-electron chi connectivity index (χ2n) is 5.82. The van der Waals surface area contributed by atoms with Crippen LogP contribution in [-0.4, -0.2) is 32.6 Å². The van der Waals surface area contributed by atoms with E-state index in [0.29, 0.717) is 17.1 Å². The molecule has 0 aromatic heterocycles. The number of ketones is 1. The van der Waals surface area contributed by atoms with Crippen LogP contribution >= 0.6 is 0 Å². The van der Waals surface area contributed by atoms with Crippen LogP contribution in [0.2, 0.25) is 0 Å². The average molecular weight is 342 g/mol. The van der Waals surface area contributed by atoms with Gasteiger partial charge in [-0.05, 0) is 61.7 Å². The minimum absolute atomic E-state index is 0.214. The Balaban J connectivity index is 2.15. The van der Waals surface area contributed by atoms with Gasteiger partial charge in [0.2, 0.25) is 5.78 Å². The number of ether oxygens (including phenoxy) is 3. The fourth-order valence-corrected chi connectivity index (χ4v) is 2.52. The fourth-order valence-electron chi connectivity index (χ4n) is 2.52. The van der Waals surface area contributed by atoms with E-state index < -0.39 is 5.97 Å². The summed E-state index contributed by atoms with van der Waals surface area (Å²) in [5.41, 5.74) is 3.78. The molecule has 0 bridgehead atoms. The van der Waals surface area contributed by atoms with Crippen LogP contribution in [0.4, 0.5) is 0 Å². The highest BCUT2D eigenvalue weighted by molar-refractivity contribution is 6.01. The Morgan fingerprint density at radius 3 is 2.16 bits per heavy atom. The number of hydrogen-bond acceptors (Lipinski definition) is 5. The van der Waals surface area contributed by atoms with Gasteiger partial charge in [-0.25, -0.2) is 4.79 Å². The standard InChI is InChI=1S/C20H22O5/c1-12-8-14(3)16(9-13(12)2)18(21)11-25-20(22)17-10-15(23-4)6-7-19(17)24-5/h6-10H,11H2,1-5H3. The number of esters is 1. The number of methoxy groups -OCH3 is 2. The molecule has 0 amide bonds. The van der Waals surface area contributed by atoms with Crippen molar-refractivity contribution in [3.05, 3.63) is 58.1 Å². The van der Waals surface area contributed by atoms with Crippen LogP contribution in [0.5, 0.6) is 11.5 Å². The van der Waals surface area contributed by atoms with Gasteiger partial charge in [-0.2, -0.15) is 0 Å². The zero-order chi connectivity index (χ0) is 18.6. The molecule has 25 heavy (non-hydrogen) atoms. The van der Waals surface area contributed by atoms with Crippen molar-refractivity contribution < 1.29 is 23.8 Å². The Morgan fingerprint density at radius 2 is 1.52 bits per heavy atom. The summed E-state index contributed by atoms with van der Waals surface area (Å²) in [6.07, 6.45) is 0. The molecule has 0 N–H and O–H groups in total. The first-order valence-corrected chi connectivity index (χ1v) is 7.87. The lowest BCUT2D eigenvalue weighted by Gasteiger charge is -2.11. The molecule has 0 spiro atoms. The zero-order valence-electron chi connectivity index (χ0n) is 15.1. The second-order valence-corrected chi connectivity index (χ2v) is 5.82. The molecule has 0 fully saturated rings. The zero-order valence-corrected chi connectivity index (χ0v) is 15.1. The Kier molecular flexibility index (Phi) is 5.80. The summed E-state index contributed by atoms with van der Waals surface area (Å²) in [6.45, 7) is 5.47. The predicted octanol–water partition coefficient (Wildman–Crippen LogP) is 3.67. The number of Topliss-reactive ketones (excluding diaryl/α,β-unsaturated/α-hetero) is 1. The Labute approximate surface area is 147 Å². The molecule has 2 aromatic carbocycles. The van der Waals surface area contributed by atoms with Gasteiger partial charge >= 0.3 is 5.97 Å². The van der Waals surface area contributed by atoms with Gasteiger partial charge in [-0.15, -0.1) is 0 Å². The van der Waals surface area contributed by atoms with Gasteiger partial charge in [-0.3, -0.25) is 4.79 Å². The summed E-state index contributed by atoms with van der Waals surface area (Å²) >= 11 is 0. The van der Waals surface area contributed by atoms with Crippen LogP contribution in [0.15, 0.2) is 30.3 Å². The van der Waals surface area contributed by atoms with Crippen molar-refractivity contribution in [3.63, 3.8) is 0 Å². The van der Waals surface area contributed by atoms with E-state index in [9.17, 15) is 9.59 Å². The molecular formula is C20H22O5. The van der Waals surface area contributed by atoms with Gasteiger partial charge < -0.3 is 14.2 Å². The normalized spacial score (nSPS) is 10.3. The van der Waals surface area contributed by atoms with E-state index in [2.05, 4.69) is 0 Å². The lowest BCUT2D eigenvalue weighted by Crippen LogP contribution is -2.16. The van der Waals surface area contributed by atoms with Gasteiger partial charge in [0.1, 0.15) is 17.1 Å².